The van der Waals surface area contributed by atoms with Crippen molar-refractivity contribution in [2.24, 2.45) is 17.6 Å². The number of rotatable bonds is 7. The van der Waals surface area contributed by atoms with Crippen molar-refractivity contribution >= 4 is 0 Å². The molecule has 2 heteroatoms. The van der Waals surface area contributed by atoms with Crippen molar-refractivity contribution in [2.75, 3.05) is 13.2 Å². The maximum atomic E-state index is 6.20. The second-order valence-electron chi connectivity index (χ2n) is 5.94. The largest absolute Gasteiger partial charge is 0.373 e. The molecule has 1 unspecified atom stereocenters. The molecule has 0 bridgehead atoms. The van der Waals surface area contributed by atoms with Crippen molar-refractivity contribution < 1.29 is 4.74 Å². The third-order valence-electron chi connectivity index (χ3n) is 4.42. The molecule has 0 radical (unpaired) electrons. The second kappa shape index (κ2) is 7.38. The first-order valence-electron chi connectivity index (χ1n) is 7.49. The first-order valence-corrected chi connectivity index (χ1v) is 7.49. The predicted molar refractivity (Wildman–Crippen MR) is 74.1 cm³/mol. The minimum atomic E-state index is 0.00761. The smallest absolute Gasteiger partial charge is 0.0804 e. The second-order valence-corrected chi connectivity index (χ2v) is 5.94. The number of hydrogen-bond acceptors (Lipinski definition) is 2. The summed E-state index contributed by atoms with van der Waals surface area (Å²) in [5.41, 5.74) is 5.97. The maximum Gasteiger partial charge on any atom is 0.0804 e. The first kappa shape index (κ1) is 15.0. The third-order valence-corrected chi connectivity index (χ3v) is 4.42. The van der Waals surface area contributed by atoms with Gasteiger partial charge in [-0.15, -0.1) is 0 Å². The third kappa shape index (κ3) is 4.59. The van der Waals surface area contributed by atoms with Crippen LogP contribution in [0.3, 0.4) is 0 Å². The monoisotopic (exact) mass is 241 g/mol. The van der Waals surface area contributed by atoms with Gasteiger partial charge in [0.1, 0.15) is 0 Å². The van der Waals surface area contributed by atoms with Crippen molar-refractivity contribution in [3.05, 3.63) is 0 Å². The van der Waals surface area contributed by atoms with Crippen LogP contribution in [0.15, 0.2) is 0 Å². The zero-order valence-corrected chi connectivity index (χ0v) is 12.0. The SMILES string of the molecule is CCCC(C)COC1(CN)CCC(CC)CC1. The molecule has 0 aromatic carbocycles. The van der Waals surface area contributed by atoms with E-state index in [0.717, 1.165) is 12.5 Å². The number of ether oxygens (including phenoxy) is 1. The molecule has 1 aliphatic carbocycles. The summed E-state index contributed by atoms with van der Waals surface area (Å²) >= 11 is 0. The van der Waals surface area contributed by atoms with E-state index in [1.165, 1.54) is 44.9 Å². The summed E-state index contributed by atoms with van der Waals surface area (Å²) in [6, 6.07) is 0. The molecule has 0 saturated heterocycles. The predicted octanol–water partition coefficient (Wildman–Crippen LogP) is 3.74. The Bertz CT molecular complexity index is 197. The fourth-order valence-electron chi connectivity index (χ4n) is 2.91. The molecule has 2 N–H and O–H groups in total. The normalized spacial score (nSPS) is 31.4. The van der Waals surface area contributed by atoms with Gasteiger partial charge in [-0.05, 0) is 43.9 Å². The van der Waals surface area contributed by atoms with Crippen molar-refractivity contribution in [1.82, 2.24) is 0 Å². The van der Waals surface area contributed by atoms with Crippen LogP contribution in [-0.2, 0) is 4.74 Å². The fourth-order valence-corrected chi connectivity index (χ4v) is 2.91. The Morgan fingerprint density at radius 3 is 2.41 bits per heavy atom. The Labute approximate surface area is 107 Å². The zero-order chi connectivity index (χ0) is 12.7. The van der Waals surface area contributed by atoms with Crippen LogP contribution in [-0.4, -0.2) is 18.8 Å². The standard InChI is InChI=1S/C15H31NO/c1-4-6-13(3)11-17-15(12-16)9-7-14(5-2)8-10-15/h13-14H,4-12,16H2,1-3H3. The Morgan fingerprint density at radius 1 is 1.29 bits per heavy atom. The zero-order valence-electron chi connectivity index (χ0n) is 12.0. The Kier molecular flexibility index (Phi) is 6.50. The molecule has 1 saturated carbocycles. The molecule has 0 spiro atoms. The summed E-state index contributed by atoms with van der Waals surface area (Å²) in [6.07, 6.45) is 8.76. The highest BCUT2D eigenvalue weighted by Crippen LogP contribution is 2.36. The molecular formula is C15H31NO. The highest BCUT2D eigenvalue weighted by atomic mass is 16.5. The van der Waals surface area contributed by atoms with Gasteiger partial charge in [0, 0.05) is 13.2 Å². The van der Waals surface area contributed by atoms with Crippen molar-refractivity contribution in [1.29, 1.82) is 0 Å². The van der Waals surface area contributed by atoms with E-state index in [2.05, 4.69) is 20.8 Å². The topological polar surface area (TPSA) is 35.2 Å². The lowest BCUT2D eigenvalue weighted by molar-refractivity contribution is -0.0832. The van der Waals surface area contributed by atoms with Gasteiger partial charge in [0.25, 0.3) is 0 Å². The van der Waals surface area contributed by atoms with Crippen LogP contribution in [0, 0.1) is 11.8 Å². The minimum Gasteiger partial charge on any atom is -0.373 e. The van der Waals surface area contributed by atoms with Crippen LogP contribution in [0.5, 0.6) is 0 Å². The first-order chi connectivity index (χ1) is 8.15. The molecule has 1 fully saturated rings. The summed E-state index contributed by atoms with van der Waals surface area (Å²) in [6.45, 7) is 8.40. The highest BCUT2D eigenvalue weighted by molar-refractivity contribution is 4.88. The Balaban J connectivity index is 2.37. The molecule has 1 rings (SSSR count). The summed E-state index contributed by atoms with van der Waals surface area (Å²) in [5.74, 6) is 1.58. The molecule has 0 aromatic heterocycles. The van der Waals surface area contributed by atoms with Crippen molar-refractivity contribution in [3.8, 4) is 0 Å². The lowest BCUT2D eigenvalue weighted by Crippen LogP contribution is -2.44. The molecule has 0 heterocycles. The Morgan fingerprint density at radius 2 is 1.94 bits per heavy atom. The van der Waals surface area contributed by atoms with Crippen LogP contribution in [0.1, 0.15) is 65.7 Å². The highest BCUT2D eigenvalue weighted by Gasteiger charge is 2.34. The van der Waals surface area contributed by atoms with Gasteiger partial charge in [-0.25, -0.2) is 0 Å². The van der Waals surface area contributed by atoms with E-state index in [4.69, 9.17) is 10.5 Å². The summed E-state index contributed by atoms with van der Waals surface area (Å²) in [5, 5.41) is 0. The molecule has 1 atom stereocenters. The van der Waals surface area contributed by atoms with Gasteiger partial charge in [-0.3, -0.25) is 0 Å². The molecule has 0 aromatic rings. The van der Waals surface area contributed by atoms with Crippen LogP contribution in [0.2, 0.25) is 0 Å². The van der Waals surface area contributed by atoms with Gasteiger partial charge >= 0.3 is 0 Å². The number of hydrogen-bond donors (Lipinski definition) is 1. The molecule has 0 aliphatic heterocycles. The summed E-state index contributed by atoms with van der Waals surface area (Å²) < 4.78 is 6.20. The summed E-state index contributed by atoms with van der Waals surface area (Å²) in [7, 11) is 0. The quantitative estimate of drug-likeness (QED) is 0.737. The number of nitrogens with two attached hydrogens (primary N) is 1. The van der Waals surface area contributed by atoms with E-state index >= 15 is 0 Å². The molecule has 1 aliphatic rings. The van der Waals surface area contributed by atoms with Gasteiger partial charge in [0.2, 0.25) is 0 Å². The molecule has 17 heavy (non-hydrogen) atoms. The van der Waals surface area contributed by atoms with Crippen LogP contribution in [0.4, 0.5) is 0 Å². The molecule has 102 valence electrons. The van der Waals surface area contributed by atoms with Gasteiger partial charge in [-0.2, -0.15) is 0 Å². The van der Waals surface area contributed by atoms with Gasteiger partial charge in [-0.1, -0.05) is 33.6 Å². The lowest BCUT2D eigenvalue weighted by atomic mass is 9.77. The van der Waals surface area contributed by atoms with E-state index in [0.29, 0.717) is 12.5 Å². The average Bonchev–Trinajstić information content (AvgIpc) is 2.37. The van der Waals surface area contributed by atoms with Gasteiger partial charge < -0.3 is 10.5 Å². The van der Waals surface area contributed by atoms with Crippen molar-refractivity contribution in [3.63, 3.8) is 0 Å². The van der Waals surface area contributed by atoms with E-state index in [1.54, 1.807) is 0 Å². The minimum absolute atomic E-state index is 0.00761. The van der Waals surface area contributed by atoms with E-state index < -0.39 is 0 Å². The fraction of sp³-hybridized carbons (Fsp3) is 1.00. The summed E-state index contributed by atoms with van der Waals surface area (Å²) in [4.78, 5) is 0. The average molecular weight is 241 g/mol. The maximum absolute atomic E-state index is 6.20. The van der Waals surface area contributed by atoms with Gasteiger partial charge in [0.15, 0.2) is 0 Å². The lowest BCUT2D eigenvalue weighted by Gasteiger charge is -2.39. The molecule has 0 amide bonds. The van der Waals surface area contributed by atoms with Gasteiger partial charge in [0.05, 0.1) is 5.60 Å². The molecule has 2 nitrogen and oxygen atoms in total. The Hall–Kier alpha value is -0.0800. The van der Waals surface area contributed by atoms with Crippen LogP contribution >= 0.6 is 0 Å². The van der Waals surface area contributed by atoms with E-state index in [9.17, 15) is 0 Å². The van der Waals surface area contributed by atoms with E-state index in [-0.39, 0.29) is 5.60 Å². The van der Waals surface area contributed by atoms with Crippen LogP contribution < -0.4 is 5.73 Å². The molecular weight excluding hydrogens is 210 g/mol. The van der Waals surface area contributed by atoms with E-state index in [1.807, 2.05) is 0 Å². The van der Waals surface area contributed by atoms with Crippen LogP contribution in [0.25, 0.3) is 0 Å². The van der Waals surface area contributed by atoms with Crippen molar-refractivity contribution in [2.45, 2.75) is 71.3 Å².